The number of hydrogen-bond donors (Lipinski definition) is 0. The van der Waals surface area contributed by atoms with E-state index in [4.69, 9.17) is 25.8 Å². The Morgan fingerprint density at radius 2 is 2.07 bits per heavy atom. The number of nitrogens with zero attached hydrogens (tertiary/aromatic N) is 1. The monoisotopic (exact) mass is 407 g/mol. The van der Waals surface area contributed by atoms with Gasteiger partial charge in [-0.15, -0.1) is 11.3 Å². The van der Waals surface area contributed by atoms with E-state index < -0.39 is 5.97 Å². The molecule has 0 radical (unpaired) electrons. The molecular formula is C19H18ClNO5S. The molecule has 0 N–H and O–H groups in total. The van der Waals surface area contributed by atoms with Crippen LogP contribution in [0.4, 0.5) is 0 Å². The number of ether oxygens (including phenoxy) is 3. The lowest BCUT2D eigenvalue weighted by atomic mass is 10.2. The summed E-state index contributed by atoms with van der Waals surface area (Å²) in [6, 6.07) is 9.01. The number of benzene rings is 1. The van der Waals surface area contributed by atoms with Gasteiger partial charge in [-0.2, -0.15) is 0 Å². The second-order valence-electron chi connectivity index (χ2n) is 5.67. The molecule has 3 rings (SSSR count). The van der Waals surface area contributed by atoms with E-state index in [1.807, 2.05) is 13.0 Å². The highest BCUT2D eigenvalue weighted by atomic mass is 35.5. The third-order valence-electron chi connectivity index (χ3n) is 3.86. The molecule has 1 aliphatic rings. The zero-order valence-electron chi connectivity index (χ0n) is 14.6. The zero-order chi connectivity index (χ0) is 19.2. The summed E-state index contributed by atoms with van der Waals surface area (Å²) in [5.74, 6) is 0.461. The van der Waals surface area contributed by atoms with E-state index in [1.54, 1.807) is 35.2 Å². The molecule has 0 spiro atoms. The lowest BCUT2D eigenvalue weighted by molar-refractivity contribution is -0.148. The van der Waals surface area contributed by atoms with Crippen molar-refractivity contribution in [2.75, 3.05) is 19.9 Å². The van der Waals surface area contributed by atoms with Gasteiger partial charge in [-0.05, 0) is 42.8 Å². The molecule has 2 heterocycles. The summed E-state index contributed by atoms with van der Waals surface area (Å²) in [7, 11) is 0. The standard InChI is InChI=1S/C19H18ClNO5S/c1-2-21(10-14-5-7-17(20)27-14)18(22)11-24-19(23)8-4-13-3-6-15-16(9-13)26-12-25-15/h3-9H,2,10-12H2,1H3/b8-4+. The molecule has 0 saturated carbocycles. The van der Waals surface area contributed by atoms with Crippen molar-refractivity contribution in [1.29, 1.82) is 0 Å². The van der Waals surface area contributed by atoms with Crippen LogP contribution in [0.3, 0.4) is 0 Å². The number of amides is 1. The van der Waals surface area contributed by atoms with Gasteiger partial charge in [-0.3, -0.25) is 4.79 Å². The van der Waals surface area contributed by atoms with Gasteiger partial charge in [0, 0.05) is 17.5 Å². The molecule has 0 fully saturated rings. The van der Waals surface area contributed by atoms with Crippen LogP contribution in [0.15, 0.2) is 36.4 Å². The molecule has 1 aliphatic heterocycles. The molecule has 27 heavy (non-hydrogen) atoms. The highest BCUT2D eigenvalue weighted by molar-refractivity contribution is 7.16. The van der Waals surface area contributed by atoms with Gasteiger partial charge >= 0.3 is 5.97 Å². The van der Waals surface area contributed by atoms with Gasteiger partial charge in [-0.25, -0.2) is 4.79 Å². The molecule has 0 unspecified atom stereocenters. The normalized spacial score (nSPS) is 12.4. The maximum absolute atomic E-state index is 12.3. The topological polar surface area (TPSA) is 65.1 Å². The first kappa shape index (κ1) is 19.3. The van der Waals surface area contributed by atoms with Crippen LogP contribution < -0.4 is 9.47 Å². The average molecular weight is 408 g/mol. The smallest absolute Gasteiger partial charge is 0.331 e. The Bertz CT molecular complexity index is 864. The fraction of sp³-hybridized carbons (Fsp3) is 0.263. The summed E-state index contributed by atoms with van der Waals surface area (Å²) >= 11 is 7.33. The molecule has 0 bridgehead atoms. The van der Waals surface area contributed by atoms with Crippen molar-refractivity contribution < 1.29 is 23.8 Å². The number of rotatable bonds is 7. The van der Waals surface area contributed by atoms with Crippen molar-refractivity contribution in [3.63, 3.8) is 0 Å². The van der Waals surface area contributed by atoms with Crippen LogP contribution in [0.2, 0.25) is 4.34 Å². The Balaban J connectivity index is 1.49. The summed E-state index contributed by atoms with van der Waals surface area (Å²) in [6.07, 6.45) is 2.88. The molecular weight excluding hydrogens is 390 g/mol. The minimum atomic E-state index is -0.587. The van der Waals surface area contributed by atoms with Gasteiger partial charge in [0.05, 0.1) is 10.9 Å². The summed E-state index contributed by atoms with van der Waals surface area (Å²) in [6.45, 7) is 2.71. The number of carbonyl (C=O) groups excluding carboxylic acids is 2. The lowest BCUT2D eigenvalue weighted by Crippen LogP contribution is -2.33. The van der Waals surface area contributed by atoms with E-state index >= 15 is 0 Å². The van der Waals surface area contributed by atoms with Gasteiger partial charge in [0.15, 0.2) is 18.1 Å². The Kier molecular flexibility index (Phi) is 6.36. The SMILES string of the molecule is CCN(Cc1ccc(Cl)s1)C(=O)COC(=O)/C=C/c1ccc2c(c1)OCO2. The van der Waals surface area contributed by atoms with Crippen LogP contribution in [0.25, 0.3) is 6.08 Å². The van der Waals surface area contributed by atoms with Crippen LogP contribution in [-0.4, -0.2) is 36.7 Å². The van der Waals surface area contributed by atoms with E-state index in [0.717, 1.165) is 10.4 Å². The second kappa shape index (κ2) is 8.92. The largest absolute Gasteiger partial charge is 0.454 e. The molecule has 1 aromatic heterocycles. The molecule has 0 aliphatic carbocycles. The van der Waals surface area contributed by atoms with Crippen LogP contribution in [0.1, 0.15) is 17.4 Å². The van der Waals surface area contributed by atoms with E-state index in [2.05, 4.69) is 0 Å². The van der Waals surface area contributed by atoms with E-state index in [0.29, 0.717) is 28.9 Å². The molecule has 1 aromatic carbocycles. The summed E-state index contributed by atoms with van der Waals surface area (Å²) < 4.78 is 16.2. The third kappa shape index (κ3) is 5.24. The van der Waals surface area contributed by atoms with Crippen molar-refractivity contribution in [1.82, 2.24) is 4.90 Å². The predicted octanol–water partition coefficient (Wildman–Crippen LogP) is 3.74. The highest BCUT2D eigenvalue weighted by Gasteiger charge is 2.15. The van der Waals surface area contributed by atoms with Gasteiger partial charge in [0.2, 0.25) is 6.79 Å². The fourth-order valence-corrected chi connectivity index (χ4v) is 3.56. The molecule has 142 valence electrons. The summed E-state index contributed by atoms with van der Waals surface area (Å²) in [5.41, 5.74) is 0.771. The van der Waals surface area contributed by atoms with Crippen molar-refractivity contribution in [2.24, 2.45) is 0 Å². The van der Waals surface area contributed by atoms with Crippen LogP contribution >= 0.6 is 22.9 Å². The zero-order valence-corrected chi connectivity index (χ0v) is 16.2. The number of carbonyl (C=O) groups is 2. The Morgan fingerprint density at radius 3 is 2.81 bits per heavy atom. The van der Waals surface area contributed by atoms with E-state index in [1.165, 1.54) is 17.4 Å². The lowest BCUT2D eigenvalue weighted by Gasteiger charge is -2.19. The fourth-order valence-electron chi connectivity index (χ4n) is 2.45. The molecule has 8 heteroatoms. The van der Waals surface area contributed by atoms with Crippen molar-refractivity contribution in [3.05, 3.63) is 51.2 Å². The quantitative estimate of drug-likeness (QED) is 0.516. The highest BCUT2D eigenvalue weighted by Crippen LogP contribution is 2.32. The molecule has 6 nitrogen and oxygen atoms in total. The third-order valence-corrected chi connectivity index (χ3v) is 5.07. The molecule has 0 saturated heterocycles. The predicted molar refractivity (Wildman–Crippen MR) is 103 cm³/mol. The first-order chi connectivity index (χ1) is 13.0. The number of hydrogen-bond acceptors (Lipinski definition) is 6. The van der Waals surface area contributed by atoms with Crippen LogP contribution in [-0.2, 0) is 20.9 Å². The first-order valence-corrected chi connectivity index (χ1v) is 9.51. The van der Waals surface area contributed by atoms with Gasteiger partial charge in [-0.1, -0.05) is 17.7 Å². The van der Waals surface area contributed by atoms with Crippen molar-refractivity contribution >= 4 is 40.9 Å². The van der Waals surface area contributed by atoms with Gasteiger partial charge in [0.25, 0.3) is 5.91 Å². The van der Waals surface area contributed by atoms with E-state index in [9.17, 15) is 9.59 Å². The van der Waals surface area contributed by atoms with Gasteiger partial charge < -0.3 is 19.1 Å². The minimum Gasteiger partial charge on any atom is -0.454 e. The van der Waals surface area contributed by atoms with E-state index in [-0.39, 0.29) is 19.3 Å². The Morgan fingerprint density at radius 1 is 1.26 bits per heavy atom. The average Bonchev–Trinajstić information content (AvgIpc) is 3.30. The summed E-state index contributed by atoms with van der Waals surface area (Å²) in [4.78, 5) is 26.7. The number of thiophene rings is 1. The van der Waals surface area contributed by atoms with Crippen LogP contribution in [0, 0.1) is 0 Å². The first-order valence-electron chi connectivity index (χ1n) is 8.31. The number of esters is 1. The van der Waals surface area contributed by atoms with Gasteiger partial charge in [0.1, 0.15) is 0 Å². The maximum atomic E-state index is 12.3. The van der Waals surface area contributed by atoms with Crippen molar-refractivity contribution in [2.45, 2.75) is 13.5 Å². The van der Waals surface area contributed by atoms with Crippen molar-refractivity contribution in [3.8, 4) is 11.5 Å². The molecule has 2 aromatic rings. The minimum absolute atomic E-state index is 0.193. The molecule has 0 atom stereocenters. The Labute approximate surface area is 165 Å². The summed E-state index contributed by atoms with van der Waals surface area (Å²) in [5, 5.41) is 0. The maximum Gasteiger partial charge on any atom is 0.331 e. The second-order valence-corrected chi connectivity index (χ2v) is 7.47. The number of likely N-dealkylation sites (N-methyl/N-ethyl adjacent to an activating group) is 1. The number of halogens is 1. The van der Waals surface area contributed by atoms with Crippen LogP contribution in [0.5, 0.6) is 11.5 Å². The Hall–Kier alpha value is -2.51. The number of fused-ring (bicyclic) bond motifs is 1. The molecule has 1 amide bonds.